The van der Waals surface area contributed by atoms with E-state index in [4.69, 9.17) is 10.8 Å². The summed E-state index contributed by atoms with van der Waals surface area (Å²) in [5, 5.41) is 24.7. The fraction of sp³-hybridized carbons (Fsp3) is 0.455. The van der Waals surface area contributed by atoms with Gasteiger partial charge in [0.25, 0.3) is 0 Å². The number of fused-ring (bicyclic) bond motifs is 1. The molecule has 34 heavy (non-hydrogen) atoms. The van der Waals surface area contributed by atoms with Crippen LogP contribution in [0.2, 0.25) is 0 Å². The van der Waals surface area contributed by atoms with Crippen LogP contribution in [0.3, 0.4) is 0 Å². The third kappa shape index (κ3) is 5.69. The van der Waals surface area contributed by atoms with Crippen molar-refractivity contribution in [2.24, 2.45) is 5.73 Å². The van der Waals surface area contributed by atoms with Gasteiger partial charge in [-0.15, -0.1) is 0 Å². The number of carboxylic acids is 1. The Labute approximate surface area is 201 Å². The third-order valence-electron chi connectivity index (χ3n) is 5.88. The van der Waals surface area contributed by atoms with Crippen molar-refractivity contribution in [3.8, 4) is 0 Å². The third-order valence-corrected chi connectivity index (χ3v) is 6.25. The van der Waals surface area contributed by atoms with E-state index in [1.165, 1.54) is 4.90 Å². The smallest absolute Gasteiger partial charge is 0.326 e. The fourth-order valence-electron chi connectivity index (χ4n) is 4.05. The van der Waals surface area contributed by atoms with E-state index in [0.717, 1.165) is 16.5 Å². The Morgan fingerprint density at radius 2 is 1.94 bits per heavy atom. The maximum Gasteiger partial charge on any atom is 0.326 e. The normalized spacial score (nSPS) is 18.3. The van der Waals surface area contributed by atoms with Crippen LogP contribution >= 0.6 is 12.6 Å². The van der Waals surface area contributed by atoms with Crippen LogP contribution in [0.4, 0.5) is 0 Å². The lowest BCUT2D eigenvalue weighted by Crippen LogP contribution is -2.57. The zero-order valence-electron chi connectivity index (χ0n) is 18.4. The van der Waals surface area contributed by atoms with Gasteiger partial charge in [0, 0.05) is 35.8 Å². The molecule has 1 aromatic carbocycles. The molecular weight excluding hydrogens is 462 g/mol. The molecule has 1 saturated heterocycles. The molecule has 3 rings (SSSR count). The number of para-hydroxylation sites is 1. The number of benzene rings is 1. The van der Waals surface area contributed by atoms with Gasteiger partial charge in [0.2, 0.25) is 17.7 Å². The van der Waals surface area contributed by atoms with Gasteiger partial charge in [-0.25, -0.2) is 4.79 Å². The Morgan fingerprint density at radius 3 is 2.62 bits per heavy atom. The molecule has 0 aliphatic carbocycles. The number of thiol groups is 1. The second-order valence-corrected chi connectivity index (χ2v) is 8.55. The lowest BCUT2D eigenvalue weighted by Gasteiger charge is -2.27. The van der Waals surface area contributed by atoms with E-state index in [1.807, 2.05) is 24.3 Å². The van der Waals surface area contributed by atoms with E-state index >= 15 is 0 Å². The van der Waals surface area contributed by atoms with Crippen molar-refractivity contribution in [3.63, 3.8) is 0 Å². The number of aromatic nitrogens is 1. The van der Waals surface area contributed by atoms with Crippen molar-refractivity contribution < 1.29 is 29.4 Å². The van der Waals surface area contributed by atoms with Crippen LogP contribution in [0.1, 0.15) is 18.4 Å². The Kier molecular flexibility index (Phi) is 8.53. The topological polar surface area (TPSA) is 178 Å². The standard InChI is InChI=1S/C22H29N5O6S/c23-14(10-28)21(31)27-7-3-6-18(27)20(30)26-17(11-34)19(29)25-16(22(32)33)8-12-9-24-15-5-2-1-4-13(12)15/h1-2,4-5,9,14,16-18,24,28,34H,3,6-8,10-11,23H2,(H,25,29)(H,26,30)(H,32,33). The highest BCUT2D eigenvalue weighted by atomic mass is 32.1. The number of aliphatic hydroxyl groups excluding tert-OH is 1. The van der Waals surface area contributed by atoms with Crippen LogP contribution in [0, 0.1) is 0 Å². The Bertz CT molecular complexity index is 1060. The molecule has 0 saturated carbocycles. The monoisotopic (exact) mass is 491 g/mol. The largest absolute Gasteiger partial charge is 0.480 e. The van der Waals surface area contributed by atoms with Gasteiger partial charge in [-0.05, 0) is 24.5 Å². The Hall–Kier alpha value is -3.09. The van der Waals surface area contributed by atoms with Crippen LogP contribution in [-0.4, -0.2) is 86.9 Å². The zero-order valence-corrected chi connectivity index (χ0v) is 19.3. The van der Waals surface area contributed by atoms with Gasteiger partial charge in [0.1, 0.15) is 24.2 Å². The summed E-state index contributed by atoms with van der Waals surface area (Å²) in [6.07, 6.45) is 2.70. The number of likely N-dealkylation sites (tertiary alicyclic amines) is 1. The number of hydrogen-bond donors (Lipinski definition) is 7. The summed E-state index contributed by atoms with van der Waals surface area (Å²) >= 11 is 4.13. The number of carboxylic acid groups (broad SMARTS) is 1. The van der Waals surface area contributed by atoms with Gasteiger partial charge >= 0.3 is 5.97 Å². The van der Waals surface area contributed by atoms with Crippen molar-refractivity contribution in [1.82, 2.24) is 20.5 Å². The van der Waals surface area contributed by atoms with Crippen LogP contribution in [0.25, 0.3) is 10.9 Å². The van der Waals surface area contributed by atoms with Gasteiger partial charge in [-0.2, -0.15) is 12.6 Å². The van der Waals surface area contributed by atoms with Crippen molar-refractivity contribution in [3.05, 3.63) is 36.0 Å². The molecule has 12 heteroatoms. The van der Waals surface area contributed by atoms with Crippen LogP contribution in [-0.2, 0) is 25.6 Å². The van der Waals surface area contributed by atoms with E-state index in [9.17, 15) is 24.3 Å². The summed E-state index contributed by atoms with van der Waals surface area (Å²) in [6.45, 7) is -0.230. The van der Waals surface area contributed by atoms with Crippen LogP contribution in [0.5, 0.6) is 0 Å². The minimum absolute atomic E-state index is 0.0439. The number of carbonyl (C=O) groups excluding carboxylic acids is 3. The van der Waals surface area contributed by atoms with Crippen LogP contribution < -0.4 is 16.4 Å². The molecule has 1 fully saturated rings. The highest BCUT2D eigenvalue weighted by Gasteiger charge is 2.37. The molecule has 1 aliphatic rings. The first-order valence-electron chi connectivity index (χ1n) is 10.9. The van der Waals surface area contributed by atoms with Crippen molar-refractivity contribution in [2.45, 2.75) is 43.4 Å². The number of aromatic amines is 1. The molecule has 11 nitrogen and oxygen atoms in total. The summed E-state index contributed by atoms with van der Waals surface area (Å²) in [4.78, 5) is 54.2. The first kappa shape index (κ1) is 25.5. The van der Waals surface area contributed by atoms with Gasteiger partial charge in [-0.3, -0.25) is 14.4 Å². The number of rotatable bonds is 10. The number of nitrogens with zero attached hydrogens (tertiary/aromatic N) is 1. The number of hydrogen-bond acceptors (Lipinski definition) is 7. The number of nitrogens with one attached hydrogen (secondary N) is 3. The van der Waals surface area contributed by atoms with Gasteiger partial charge < -0.3 is 36.5 Å². The number of carbonyl (C=O) groups is 4. The molecule has 3 amide bonds. The maximum atomic E-state index is 12.8. The van der Waals surface area contributed by atoms with E-state index in [2.05, 4.69) is 28.2 Å². The maximum absolute atomic E-state index is 12.8. The summed E-state index contributed by atoms with van der Waals surface area (Å²) in [5.41, 5.74) is 7.18. The minimum atomic E-state index is -1.22. The first-order valence-corrected chi connectivity index (χ1v) is 11.6. The fourth-order valence-corrected chi connectivity index (χ4v) is 4.31. The quantitative estimate of drug-likeness (QED) is 0.208. The highest BCUT2D eigenvalue weighted by molar-refractivity contribution is 7.80. The predicted octanol–water partition coefficient (Wildman–Crippen LogP) is -0.995. The number of H-pyrrole nitrogens is 1. The lowest BCUT2D eigenvalue weighted by atomic mass is 10.0. The SMILES string of the molecule is NC(CO)C(=O)N1CCCC1C(=O)NC(CS)C(=O)NC(Cc1c[nH]c2ccccc12)C(=O)O. The molecule has 1 aromatic heterocycles. The van der Waals surface area contributed by atoms with Crippen molar-refractivity contribution in [2.75, 3.05) is 18.9 Å². The molecular formula is C22H29N5O6S. The van der Waals surface area contributed by atoms with E-state index in [0.29, 0.717) is 19.4 Å². The first-order chi connectivity index (χ1) is 16.3. The van der Waals surface area contributed by atoms with Gasteiger partial charge in [0.15, 0.2) is 0 Å². The Morgan fingerprint density at radius 1 is 1.21 bits per heavy atom. The number of nitrogens with two attached hydrogens (primary N) is 1. The molecule has 184 valence electrons. The molecule has 4 unspecified atom stereocenters. The number of amides is 3. The number of aliphatic carboxylic acids is 1. The predicted molar refractivity (Wildman–Crippen MR) is 127 cm³/mol. The summed E-state index contributed by atoms with van der Waals surface area (Å²) < 4.78 is 0. The van der Waals surface area contributed by atoms with Crippen molar-refractivity contribution in [1.29, 1.82) is 0 Å². The van der Waals surface area contributed by atoms with E-state index in [1.54, 1.807) is 6.20 Å². The second-order valence-electron chi connectivity index (χ2n) is 8.19. The highest BCUT2D eigenvalue weighted by Crippen LogP contribution is 2.20. The van der Waals surface area contributed by atoms with Gasteiger partial charge in [-0.1, -0.05) is 18.2 Å². The molecule has 1 aliphatic heterocycles. The molecule has 2 aromatic rings. The Balaban J connectivity index is 1.66. The number of aliphatic hydroxyl groups is 1. The molecule has 0 radical (unpaired) electrons. The van der Waals surface area contributed by atoms with Gasteiger partial charge in [0.05, 0.1) is 6.61 Å². The van der Waals surface area contributed by atoms with E-state index in [-0.39, 0.29) is 12.2 Å². The minimum Gasteiger partial charge on any atom is -0.480 e. The summed E-state index contributed by atoms with van der Waals surface area (Å²) in [6, 6.07) is 3.13. The molecule has 0 spiro atoms. The lowest BCUT2D eigenvalue weighted by molar-refractivity contribution is -0.143. The molecule has 7 N–H and O–H groups in total. The van der Waals surface area contributed by atoms with Crippen molar-refractivity contribution >= 4 is 47.2 Å². The average Bonchev–Trinajstić information content (AvgIpc) is 3.48. The molecule has 2 heterocycles. The molecule has 0 bridgehead atoms. The van der Waals surface area contributed by atoms with E-state index < -0.39 is 54.5 Å². The zero-order chi connectivity index (χ0) is 24.8. The summed E-state index contributed by atoms with van der Waals surface area (Å²) in [5.74, 6) is -3.09. The summed E-state index contributed by atoms with van der Waals surface area (Å²) in [7, 11) is 0. The second kappa shape index (κ2) is 11.4. The average molecular weight is 492 g/mol. The molecule has 4 atom stereocenters. The van der Waals surface area contributed by atoms with Crippen LogP contribution in [0.15, 0.2) is 30.5 Å².